The van der Waals surface area contributed by atoms with Gasteiger partial charge in [-0.15, -0.1) is 0 Å². The monoisotopic (exact) mass is 391 g/mol. The third kappa shape index (κ3) is 5.35. The molecule has 0 aliphatic rings. The normalized spacial score (nSPS) is 11.2. The molecule has 0 bridgehead atoms. The fraction of sp³-hybridized carbons (Fsp3) is 0.278. The summed E-state index contributed by atoms with van der Waals surface area (Å²) >= 11 is 0. The summed E-state index contributed by atoms with van der Waals surface area (Å²) in [5.74, 6) is -0.200. The van der Waals surface area contributed by atoms with E-state index in [0.717, 1.165) is 35.5 Å². The minimum atomic E-state index is -3.85. The smallest absolute Gasteiger partial charge is 0.269 e. The van der Waals surface area contributed by atoms with Gasteiger partial charge in [0.15, 0.2) is 0 Å². The first-order chi connectivity index (χ1) is 12.7. The topological polar surface area (TPSA) is 110 Å². The number of carbonyl (C=O) groups excluding carboxylic acids is 1. The molecule has 0 aliphatic carbocycles. The van der Waals surface area contributed by atoms with Crippen molar-refractivity contribution < 1.29 is 18.1 Å². The fourth-order valence-corrected chi connectivity index (χ4v) is 3.59. The van der Waals surface area contributed by atoms with E-state index in [9.17, 15) is 23.3 Å². The largest absolute Gasteiger partial charge is 0.313 e. The van der Waals surface area contributed by atoms with E-state index in [1.807, 2.05) is 38.1 Å². The molecular formula is C18H21N3O5S. The van der Waals surface area contributed by atoms with Crippen molar-refractivity contribution in [1.82, 2.24) is 4.72 Å². The Balaban J connectivity index is 1.99. The standard InChI is InChI=1S/C18H21N3O5S/c1-3-20(16-6-4-5-14(2)13-16)18(22)11-12-19-27(25,26)17-9-7-15(8-10-17)21(23)24/h4-10,13,19H,3,11-12H2,1-2H3. The zero-order valence-corrected chi connectivity index (χ0v) is 15.9. The number of carbonyl (C=O) groups is 1. The van der Waals surface area contributed by atoms with E-state index in [1.165, 1.54) is 0 Å². The number of nitrogens with zero attached hydrogens (tertiary/aromatic N) is 2. The highest BCUT2D eigenvalue weighted by Gasteiger charge is 2.18. The summed E-state index contributed by atoms with van der Waals surface area (Å²) in [5, 5.41) is 10.6. The first-order valence-corrected chi connectivity index (χ1v) is 9.84. The number of nitro groups is 1. The molecule has 2 aromatic rings. The van der Waals surface area contributed by atoms with Crippen molar-refractivity contribution in [2.75, 3.05) is 18.0 Å². The highest BCUT2D eigenvalue weighted by atomic mass is 32.2. The SMILES string of the molecule is CCN(C(=O)CCNS(=O)(=O)c1ccc([N+](=O)[O-])cc1)c1cccc(C)c1. The van der Waals surface area contributed by atoms with Gasteiger partial charge < -0.3 is 4.90 Å². The third-order valence-corrected chi connectivity index (χ3v) is 5.40. The maximum Gasteiger partial charge on any atom is 0.269 e. The number of amides is 1. The number of aryl methyl sites for hydroxylation is 1. The summed E-state index contributed by atoms with van der Waals surface area (Å²) in [6.45, 7) is 4.18. The predicted molar refractivity (Wildman–Crippen MR) is 102 cm³/mol. The lowest BCUT2D eigenvalue weighted by Crippen LogP contribution is -2.34. The van der Waals surface area contributed by atoms with Crippen molar-refractivity contribution in [3.05, 3.63) is 64.2 Å². The Morgan fingerprint density at radius 2 is 1.85 bits per heavy atom. The van der Waals surface area contributed by atoms with Gasteiger partial charge in [0, 0.05) is 37.3 Å². The van der Waals surface area contributed by atoms with Gasteiger partial charge in [-0.3, -0.25) is 14.9 Å². The van der Waals surface area contributed by atoms with E-state index in [0.29, 0.717) is 6.54 Å². The molecule has 9 heteroatoms. The van der Waals surface area contributed by atoms with E-state index < -0.39 is 14.9 Å². The highest BCUT2D eigenvalue weighted by molar-refractivity contribution is 7.89. The van der Waals surface area contributed by atoms with E-state index in [4.69, 9.17) is 0 Å². The average molecular weight is 391 g/mol. The molecule has 27 heavy (non-hydrogen) atoms. The van der Waals surface area contributed by atoms with Crippen LogP contribution in [-0.2, 0) is 14.8 Å². The maximum absolute atomic E-state index is 12.4. The van der Waals surface area contributed by atoms with Crippen molar-refractivity contribution in [3.63, 3.8) is 0 Å². The summed E-state index contributed by atoms with van der Waals surface area (Å²) in [6.07, 6.45) is -0.00596. The number of nitrogens with one attached hydrogen (secondary N) is 1. The van der Waals surface area contributed by atoms with E-state index in [1.54, 1.807) is 4.90 Å². The molecule has 0 spiro atoms. The van der Waals surface area contributed by atoms with Crippen molar-refractivity contribution in [2.24, 2.45) is 0 Å². The molecule has 0 unspecified atom stereocenters. The number of non-ortho nitro benzene ring substituents is 1. The summed E-state index contributed by atoms with van der Waals surface area (Å²) in [6, 6.07) is 12.1. The van der Waals surface area contributed by atoms with Gasteiger partial charge in [-0.25, -0.2) is 13.1 Å². The van der Waals surface area contributed by atoms with Crippen LogP contribution < -0.4 is 9.62 Å². The molecule has 1 N–H and O–H groups in total. The van der Waals surface area contributed by atoms with Gasteiger partial charge in [-0.1, -0.05) is 12.1 Å². The lowest BCUT2D eigenvalue weighted by Gasteiger charge is -2.21. The lowest BCUT2D eigenvalue weighted by atomic mass is 10.2. The minimum Gasteiger partial charge on any atom is -0.313 e. The van der Waals surface area contributed by atoms with Crippen LogP contribution in [0.15, 0.2) is 53.4 Å². The molecule has 0 aromatic heterocycles. The number of benzene rings is 2. The Morgan fingerprint density at radius 1 is 1.19 bits per heavy atom. The van der Waals surface area contributed by atoms with E-state index in [-0.39, 0.29) is 29.5 Å². The maximum atomic E-state index is 12.4. The van der Waals surface area contributed by atoms with Gasteiger partial charge in [0.1, 0.15) is 0 Å². The van der Waals surface area contributed by atoms with Gasteiger partial charge in [0.25, 0.3) is 5.69 Å². The van der Waals surface area contributed by atoms with E-state index >= 15 is 0 Å². The van der Waals surface area contributed by atoms with Crippen LogP contribution in [0.2, 0.25) is 0 Å². The van der Waals surface area contributed by atoms with Crippen LogP contribution in [-0.4, -0.2) is 32.3 Å². The minimum absolute atomic E-state index is 0.00596. The van der Waals surface area contributed by atoms with Crippen LogP contribution in [0.5, 0.6) is 0 Å². The molecule has 0 saturated heterocycles. The summed E-state index contributed by atoms with van der Waals surface area (Å²) in [4.78, 5) is 24.0. The molecule has 2 aromatic carbocycles. The zero-order valence-electron chi connectivity index (χ0n) is 15.1. The summed E-state index contributed by atoms with van der Waals surface area (Å²) in [7, 11) is -3.85. The van der Waals surface area contributed by atoms with Gasteiger partial charge in [0.05, 0.1) is 9.82 Å². The molecule has 0 aliphatic heterocycles. The van der Waals surface area contributed by atoms with Crippen molar-refractivity contribution in [2.45, 2.75) is 25.2 Å². The van der Waals surface area contributed by atoms with Crippen LogP contribution in [0.3, 0.4) is 0 Å². The van der Waals surface area contributed by atoms with Crippen molar-refractivity contribution in [3.8, 4) is 0 Å². The average Bonchev–Trinajstić information content (AvgIpc) is 2.62. The van der Waals surface area contributed by atoms with Crippen molar-refractivity contribution in [1.29, 1.82) is 0 Å². The number of hydrogen-bond donors (Lipinski definition) is 1. The number of nitro benzene ring substituents is 1. The van der Waals surface area contributed by atoms with E-state index in [2.05, 4.69) is 4.72 Å². The Kier molecular flexibility index (Phi) is 6.65. The Bertz CT molecular complexity index is 926. The Hall–Kier alpha value is -2.78. The number of anilines is 1. The molecule has 2 rings (SSSR count). The second kappa shape index (κ2) is 8.74. The molecule has 0 saturated carbocycles. The van der Waals surface area contributed by atoms with Gasteiger partial charge in [0.2, 0.25) is 15.9 Å². The summed E-state index contributed by atoms with van der Waals surface area (Å²) < 4.78 is 26.8. The molecular weight excluding hydrogens is 370 g/mol. The number of sulfonamides is 1. The van der Waals surface area contributed by atoms with Crippen LogP contribution in [0.25, 0.3) is 0 Å². The van der Waals surface area contributed by atoms with Crippen LogP contribution >= 0.6 is 0 Å². The quantitative estimate of drug-likeness (QED) is 0.549. The van der Waals surface area contributed by atoms with Crippen molar-refractivity contribution >= 4 is 27.3 Å². The van der Waals surface area contributed by atoms with Gasteiger partial charge >= 0.3 is 0 Å². The summed E-state index contributed by atoms with van der Waals surface area (Å²) in [5.41, 5.74) is 1.60. The lowest BCUT2D eigenvalue weighted by molar-refractivity contribution is -0.384. The number of rotatable bonds is 8. The highest BCUT2D eigenvalue weighted by Crippen LogP contribution is 2.17. The Morgan fingerprint density at radius 3 is 2.41 bits per heavy atom. The van der Waals surface area contributed by atoms with Crippen LogP contribution in [0.4, 0.5) is 11.4 Å². The predicted octanol–water partition coefficient (Wildman–Crippen LogP) is 2.62. The third-order valence-electron chi connectivity index (χ3n) is 3.92. The zero-order chi connectivity index (χ0) is 20.0. The second-order valence-corrected chi connectivity index (χ2v) is 7.64. The molecule has 0 heterocycles. The fourth-order valence-electron chi connectivity index (χ4n) is 2.56. The second-order valence-electron chi connectivity index (χ2n) is 5.88. The first-order valence-electron chi connectivity index (χ1n) is 8.35. The van der Waals surface area contributed by atoms with Gasteiger partial charge in [-0.05, 0) is 43.7 Å². The first kappa shape index (κ1) is 20.5. The van der Waals surface area contributed by atoms with Gasteiger partial charge in [-0.2, -0.15) is 0 Å². The molecule has 0 atom stereocenters. The molecule has 1 amide bonds. The molecule has 0 fully saturated rings. The van der Waals surface area contributed by atoms with Crippen LogP contribution in [0, 0.1) is 17.0 Å². The molecule has 144 valence electrons. The molecule has 0 radical (unpaired) electrons. The Labute approximate surface area is 158 Å². The number of hydrogen-bond acceptors (Lipinski definition) is 5. The molecule has 8 nitrogen and oxygen atoms in total. The van der Waals surface area contributed by atoms with Crippen LogP contribution in [0.1, 0.15) is 18.9 Å².